The maximum absolute atomic E-state index is 12.6. The lowest BCUT2D eigenvalue weighted by Gasteiger charge is -2.08. The number of aryl methyl sites for hydroxylation is 1. The monoisotopic (exact) mass is 421 g/mol. The fourth-order valence-corrected chi connectivity index (χ4v) is 2.64. The second kappa shape index (κ2) is 8.85. The van der Waals surface area contributed by atoms with E-state index in [2.05, 4.69) is 15.5 Å². The SMILES string of the molecule is COc1ccc(-c2noc(CCC(=O)Nc3ccc(C(F)(F)F)cc3)n2)cc1OC. The maximum atomic E-state index is 12.6. The quantitative estimate of drug-likeness (QED) is 0.611. The van der Waals surface area contributed by atoms with Gasteiger partial charge in [-0.25, -0.2) is 0 Å². The third-order valence-electron chi connectivity index (χ3n) is 4.17. The average Bonchev–Trinajstić information content (AvgIpc) is 3.20. The molecule has 0 atom stereocenters. The van der Waals surface area contributed by atoms with Gasteiger partial charge in [0.2, 0.25) is 17.6 Å². The Labute approximate surface area is 169 Å². The molecular formula is C20H18F3N3O4. The molecule has 0 saturated carbocycles. The Balaban J connectivity index is 1.58. The fraction of sp³-hybridized carbons (Fsp3) is 0.250. The van der Waals surface area contributed by atoms with Crippen molar-refractivity contribution in [2.75, 3.05) is 19.5 Å². The molecule has 2 aromatic carbocycles. The van der Waals surface area contributed by atoms with E-state index in [1.54, 1.807) is 18.2 Å². The van der Waals surface area contributed by atoms with Crippen molar-refractivity contribution in [1.82, 2.24) is 10.1 Å². The van der Waals surface area contributed by atoms with E-state index in [4.69, 9.17) is 14.0 Å². The molecule has 158 valence electrons. The topological polar surface area (TPSA) is 86.5 Å². The standard InChI is InChI=1S/C20H18F3N3O4/c1-28-15-8-3-12(11-16(15)29-2)19-25-18(30-26-19)10-9-17(27)24-14-6-4-13(5-7-14)20(21,22)23/h3-8,11H,9-10H2,1-2H3,(H,24,27). The van der Waals surface area contributed by atoms with Crippen LogP contribution < -0.4 is 14.8 Å². The van der Waals surface area contributed by atoms with Gasteiger partial charge in [0.05, 0.1) is 19.8 Å². The molecule has 0 spiro atoms. The van der Waals surface area contributed by atoms with Gasteiger partial charge in [0.1, 0.15) is 0 Å². The van der Waals surface area contributed by atoms with Crippen LogP contribution in [0.2, 0.25) is 0 Å². The number of aromatic nitrogens is 2. The highest BCUT2D eigenvalue weighted by Gasteiger charge is 2.30. The van der Waals surface area contributed by atoms with Crippen molar-refractivity contribution >= 4 is 11.6 Å². The highest BCUT2D eigenvalue weighted by Crippen LogP contribution is 2.31. The first-order valence-electron chi connectivity index (χ1n) is 8.82. The van der Waals surface area contributed by atoms with Crippen LogP contribution in [0, 0.1) is 0 Å². The van der Waals surface area contributed by atoms with E-state index < -0.39 is 11.7 Å². The number of halogens is 3. The van der Waals surface area contributed by atoms with Gasteiger partial charge >= 0.3 is 6.18 Å². The van der Waals surface area contributed by atoms with Crippen molar-refractivity contribution in [3.05, 3.63) is 53.9 Å². The molecular weight excluding hydrogens is 403 g/mol. The van der Waals surface area contributed by atoms with Crippen LogP contribution in [0.25, 0.3) is 11.4 Å². The van der Waals surface area contributed by atoms with Gasteiger partial charge < -0.3 is 19.3 Å². The third kappa shape index (κ3) is 5.07. The molecule has 0 aliphatic heterocycles. The first kappa shape index (κ1) is 21.2. The third-order valence-corrected chi connectivity index (χ3v) is 4.17. The van der Waals surface area contributed by atoms with Crippen molar-refractivity contribution < 1.29 is 32.0 Å². The minimum atomic E-state index is -4.42. The van der Waals surface area contributed by atoms with Crippen LogP contribution in [0.3, 0.4) is 0 Å². The van der Waals surface area contributed by atoms with Crippen LogP contribution in [-0.4, -0.2) is 30.3 Å². The van der Waals surface area contributed by atoms with Gasteiger partial charge in [-0.05, 0) is 42.5 Å². The molecule has 3 rings (SSSR count). The highest BCUT2D eigenvalue weighted by molar-refractivity contribution is 5.90. The van der Waals surface area contributed by atoms with Gasteiger partial charge in [-0.1, -0.05) is 5.16 Å². The lowest BCUT2D eigenvalue weighted by molar-refractivity contribution is -0.137. The maximum Gasteiger partial charge on any atom is 0.416 e. The van der Waals surface area contributed by atoms with Gasteiger partial charge in [-0.2, -0.15) is 18.2 Å². The molecule has 0 aliphatic rings. The molecule has 3 aromatic rings. The van der Waals surface area contributed by atoms with Crippen LogP contribution in [0.4, 0.5) is 18.9 Å². The number of nitrogens with one attached hydrogen (secondary N) is 1. The van der Waals surface area contributed by atoms with Gasteiger partial charge in [0.25, 0.3) is 0 Å². The zero-order valence-corrected chi connectivity index (χ0v) is 16.1. The van der Waals surface area contributed by atoms with E-state index in [-0.39, 0.29) is 30.3 Å². The molecule has 0 saturated heterocycles. The number of anilines is 1. The molecule has 0 unspecified atom stereocenters. The summed E-state index contributed by atoms with van der Waals surface area (Å²) in [6.45, 7) is 0. The average molecular weight is 421 g/mol. The van der Waals surface area contributed by atoms with Crippen LogP contribution in [-0.2, 0) is 17.4 Å². The number of alkyl halides is 3. The minimum Gasteiger partial charge on any atom is -0.493 e. The smallest absolute Gasteiger partial charge is 0.416 e. The minimum absolute atomic E-state index is 0.0224. The number of hydrogen-bond donors (Lipinski definition) is 1. The number of hydrogen-bond acceptors (Lipinski definition) is 6. The summed E-state index contributed by atoms with van der Waals surface area (Å²) in [5.74, 6) is 1.26. The number of methoxy groups -OCH3 is 2. The number of ether oxygens (including phenoxy) is 2. The van der Waals surface area contributed by atoms with Crippen molar-refractivity contribution in [2.24, 2.45) is 0 Å². The Morgan fingerprint density at radius 3 is 2.40 bits per heavy atom. The summed E-state index contributed by atoms with van der Waals surface area (Å²) in [5, 5.41) is 6.42. The molecule has 0 bridgehead atoms. The number of carbonyl (C=O) groups is 1. The van der Waals surface area contributed by atoms with Gasteiger partial charge in [0.15, 0.2) is 11.5 Å². The van der Waals surface area contributed by atoms with E-state index >= 15 is 0 Å². The Bertz CT molecular complexity index is 1020. The Kier molecular flexibility index (Phi) is 6.24. The molecule has 1 N–H and O–H groups in total. The van der Waals surface area contributed by atoms with Crippen LogP contribution in [0.5, 0.6) is 11.5 Å². The number of benzene rings is 2. The van der Waals surface area contributed by atoms with Gasteiger partial charge in [0, 0.05) is 24.1 Å². The first-order valence-corrected chi connectivity index (χ1v) is 8.82. The molecule has 7 nitrogen and oxygen atoms in total. The summed E-state index contributed by atoms with van der Waals surface area (Å²) in [6.07, 6.45) is -4.23. The van der Waals surface area contributed by atoms with Crippen molar-refractivity contribution in [3.63, 3.8) is 0 Å². The summed E-state index contributed by atoms with van der Waals surface area (Å²) in [7, 11) is 3.04. The number of rotatable bonds is 7. The number of nitrogens with zero attached hydrogens (tertiary/aromatic N) is 2. The summed E-state index contributed by atoms with van der Waals surface area (Å²) < 4.78 is 53.3. The van der Waals surface area contributed by atoms with Crippen LogP contribution in [0.1, 0.15) is 17.9 Å². The Morgan fingerprint density at radius 2 is 1.77 bits per heavy atom. The summed E-state index contributed by atoms with van der Waals surface area (Å²) in [5.41, 5.74) is 0.135. The summed E-state index contributed by atoms with van der Waals surface area (Å²) >= 11 is 0. The van der Waals surface area contributed by atoms with E-state index in [1.807, 2.05) is 0 Å². The molecule has 0 aliphatic carbocycles. The Morgan fingerprint density at radius 1 is 1.07 bits per heavy atom. The molecule has 1 heterocycles. The number of amides is 1. The van der Waals surface area contributed by atoms with Crippen molar-refractivity contribution in [3.8, 4) is 22.9 Å². The van der Waals surface area contributed by atoms with E-state index in [1.165, 1.54) is 26.4 Å². The zero-order chi connectivity index (χ0) is 21.7. The predicted octanol–water partition coefficient (Wildman–Crippen LogP) is 4.34. The second-order valence-electron chi connectivity index (χ2n) is 6.20. The Hall–Kier alpha value is -3.56. The van der Waals surface area contributed by atoms with Crippen LogP contribution in [0.15, 0.2) is 47.0 Å². The highest BCUT2D eigenvalue weighted by atomic mass is 19.4. The van der Waals surface area contributed by atoms with E-state index in [0.29, 0.717) is 22.9 Å². The van der Waals surface area contributed by atoms with E-state index in [0.717, 1.165) is 12.1 Å². The molecule has 30 heavy (non-hydrogen) atoms. The van der Waals surface area contributed by atoms with Crippen molar-refractivity contribution in [1.29, 1.82) is 0 Å². The molecule has 0 fully saturated rings. The number of carbonyl (C=O) groups excluding carboxylic acids is 1. The lowest BCUT2D eigenvalue weighted by Crippen LogP contribution is -2.13. The fourth-order valence-electron chi connectivity index (χ4n) is 2.64. The zero-order valence-electron chi connectivity index (χ0n) is 16.1. The molecule has 0 radical (unpaired) electrons. The lowest BCUT2D eigenvalue weighted by atomic mass is 10.2. The molecule has 1 aromatic heterocycles. The van der Waals surface area contributed by atoms with Gasteiger partial charge in [-0.15, -0.1) is 0 Å². The van der Waals surface area contributed by atoms with Gasteiger partial charge in [-0.3, -0.25) is 4.79 Å². The predicted molar refractivity (Wildman–Crippen MR) is 101 cm³/mol. The van der Waals surface area contributed by atoms with Crippen molar-refractivity contribution in [2.45, 2.75) is 19.0 Å². The van der Waals surface area contributed by atoms with Crippen LogP contribution >= 0.6 is 0 Å². The first-order chi connectivity index (χ1) is 14.3. The molecule has 1 amide bonds. The summed E-state index contributed by atoms with van der Waals surface area (Å²) in [6, 6.07) is 9.36. The summed E-state index contributed by atoms with van der Waals surface area (Å²) in [4.78, 5) is 16.3. The van der Waals surface area contributed by atoms with E-state index in [9.17, 15) is 18.0 Å². The normalized spacial score (nSPS) is 11.2. The largest absolute Gasteiger partial charge is 0.493 e. The second-order valence-corrected chi connectivity index (χ2v) is 6.20. The molecule has 10 heteroatoms.